The van der Waals surface area contributed by atoms with Gasteiger partial charge in [0.05, 0.1) is 0 Å². The number of nitrogens with zero attached hydrogens (tertiary/aromatic N) is 1. The minimum atomic E-state index is 0.347. The van der Waals surface area contributed by atoms with Crippen molar-refractivity contribution in [2.75, 3.05) is 0 Å². The predicted octanol–water partition coefficient (Wildman–Crippen LogP) is 5.35. The van der Waals surface area contributed by atoms with E-state index in [-0.39, 0.29) is 0 Å². The van der Waals surface area contributed by atoms with E-state index in [0.717, 1.165) is 17.0 Å². The van der Waals surface area contributed by atoms with Crippen molar-refractivity contribution in [1.82, 2.24) is 4.98 Å². The van der Waals surface area contributed by atoms with E-state index in [9.17, 15) is 0 Å². The maximum absolute atomic E-state index is 5.95. The van der Waals surface area contributed by atoms with Crippen molar-refractivity contribution >= 4 is 11.6 Å². The van der Waals surface area contributed by atoms with Crippen LogP contribution in [0.25, 0.3) is 0 Å². The molecule has 0 radical (unpaired) electrons. The van der Waals surface area contributed by atoms with Crippen LogP contribution in [-0.2, 0) is 5.88 Å². The predicted molar refractivity (Wildman–Crippen MR) is 83.9 cm³/mol. The molecule has 2 aromatic rings. The number of pyridine rings is 1. The van der Waals surface area contributed by atoms with Crippen molar-refractivity contribution in [3.63, 3.8) is 0 Å². The SMILES string of the molecule is Cc1cc(C)cc(Oc2cc(CCl)cc(C(C)C)n2)c1. The summed E-state index contributed by atoms with van der Waals surface area (Å²) in [7, 11) is 0. The molecular formula is C17H20ClNO. The molecular weight excluding hydrogens is 270 g/mol. The summed E-state index contributed by atoms with van der Waals surface area (Å²) in [5, 5.41) is 0. The molecule has 0 aliphatic carbocycles. The lowest BCUT2D eigenvalue weighted by molar-refractivity contribution is 0.458. The smallest absolute Gasteiger partial charge is 0.219 e. The normalized spacial score (nSPS) is 10.9. The van der Waals surface area contributed by atoms with Crippen LogP contribution in [-0.4, -0.2) is 4.98 Å². The fourth-order valence-electron chi connectivity index (χ4n) is 2.12. The standard InChI is InChI=1S/C17H20ClNO/c1-11(2)16-8-14(10-18)9-17(19-16)20-15-6-12(3)5-13(4)7-15/h5-9,11H,10H2,1-4H3. The van der Waals surface area contributed by atoms with Gasteiger partial charge in [0.2, 0.25) is 5.88 Å². The van der Waals surface area contributed by atoms with E-state index in [1.165, 1.54) is 11.1 Å². The number of rotatable bonds is 4. The highest BCUT2D eigenvalue weighted by Gasteiger charge is 2.08. The van der Waals surface area contributed by atoms with Gasteiger partial charge in [-0.25, -0.2) is 4.98 Å². The summed E-state index contributed by atoms with van der Waals surface area (Å²) in [6, 6.07) is 10.1. The number of hydrogen-bond donors (Lipinski definition) is 0. The Labute approximate surface area is 125 Å². The lowest BCUT2D eigenvalue weighted by Gasteiger charge is -2.11. The Kier molecular flexibility index (Phi) is 4.66. The molecule has 0 aliphatic rings. The molecule has 0 spiro atoms. The van der Waals surface area contributed by atoms with Crippen molar-refractivity contribution in [1.29, 1.82) is 0 Å². The molecule has 0 unspecified atom stereocenters. The molecule has 0 fully saturated rings. The maximum Gasteiger partial charge on any atom is 0.219 e. The monoisotopic (exact) mass is 289 g/mol. The summed E-state index contributed by atoms with van der Waals surface area (Å²) in [5.74, 6) is 2.24. The van der Waals surface area contributed by atoms with Gasteiger partial charge in [0.25, 0.3) is 0 Å². The third-order valence-corrected chi connectivity index (χ3v) is 3.35. The maximum atomic E-state index is 5.95. The zero-order chi connectivity index (χ0) is 14.7. The van der Waals surface area contributed by atoms with Gasteiger partial charge in [-0.2, -0.15) is 0 Å². The highest BCUT2D eigenvalue weighted by molar-refractivity contribution is 6.17. The van der Waals surface area contributed by atoms with E-state index >= 15 is 0 Å². The van der Waals surface area contributed by atoms with Gasteiger partial charge in [0.15, 0.2) is 0 Å². The Morgan fingerprint density at radius 2 is 1.70 bits per heavy atom. The number of aromatic nitrogens is 1. The van der Waals surface area contributed by atoms with Crippen LogP contribution in [0.5, 0.6) is 11.6 Å². The van der Waals surface area contributed by atoms with Crippen LogP contribution in [0.4, 0.5) is 0 Å². The molecule has 1 aromatic heterocycles. The molecule has 1 heterocycles. The van der Waals surface area contributed by atoms with Crippen molar-refractivity contribution in [3.05, 3.63) is 52.7 Å². The minimum Gasteiger partial charge on any atom is -0.439 e. The number of aryl methyl sites for hydroxylation is 2. The highest BCUT2D eigenvalue weighted by Crippen LogP contribution is 2.26. The molecule has 1 aromatic carbocycles. The second-order valence-electron chi connectivity index (χ2n) is 5.45. The summed E-state index contributed by atoms with van der Waals surface area (Å²) in [4.78, 5) is 4.55. The number of hydrogen-bond acceptors (Lipinski definition) is 2. The number of ether oxygens (including phenoxy) is 1. The van der Waals surface area contributed by atoms with Gasteiger partial charge in [0, 0.05) is 17.6 Å². The summed E-state index contributed by atoms with van der Waals surface area (Å²) in [6.07, 6.45) is 0. The van der Waals surface area contributed by atoms with Gasteiger partial charge in [-0.05, 0) is 54.7 Å². The number of alkyl halides is 1. The van der Waals surface area contributed by atoms with Crippen LogP contribution in [0.3, 0.4) is 0 Å². The molecule has 2 nitrogen and oxygen atoms in total. The van der Waals surface area contributed by atoms with E-state index in [1.54, 1.807) is 0 Å². The van der Waals surface area contributed by atoms with Crippen molar-refractivity contribution in [2.45, 2.75) is 39.5 Å². The average molecular weight is 290 g/mol. The summed E-state index contributed by atoms with van der Waals surface area (Å²) in [5.41, 5.74) is 4.39. The van der Waals surface area contributed by atoms with Crippen molar-refractivity contribution in [2.24, 2.45) is 0 Å². The Morgan fingerprint density at radius 1 is 1.05 bits per heavy atom. The lowest BCUT2D eigenvalue weighted by atomic mass is 10.1. The van der Waals surface area contributed by atoms with E-state index in [1.807, 2.05) is 24.3 Å². The van der Waals surface area contributed by atoms with Crippen LogP contribution in [0.15, 0.2) is 30.3 Å². The zero-order valence-electron chi connectivity index (χ0n) is 12.4. The first-order chi connectivity index (χ1) is 9.47. The molecule has 0 amide bonds. The molecule has 0 saturated heterocycles. The third kappa shape index (κ3) is 3.73. The van der Waals surface area contributed by atoms with Gasteiger partial charge >= 0.3 is 0 Å². The Hall–Kier alpha value is -1.54. The Morgan fingerprint density at radius 3 is 2.25 bits per heavy atom. The van der Waals surface area contributed by atoms with Crippen molar-refractivity contribution in [3.8, 4) is 11.6 Å². The molecule has 0 saturated carbocycles. The third-order valence-electron chi connectivity index (χ3n) is 3.04. The lowest BCUT2D eigenvalue weighted by Crippen LogP contribution is -1.98. The van der Waals surface area contributed by atoms with E-state index in [0.29, 0.717) is 17.7 Å². The van der Waals surface area contributed by atoms with Crippen LogP contribution in [0.1, 0.15) is 42.1 Å². The molecule has 3 heteroatoms. The number of halogens is 1. The van der Waals surface area contributed by atoms with Gasteiger partial charge in [-0.3, -0.25) is 0 Å². The summed E-state index contributed by atoms with van der Waals surface area (Å²) < 4.78 is 5.90. The number of benzene rings is 1. The first-order valence-corrected chi connectivity index (χ1v) is 7.34. The molecule has 2 rings (SSSR count). The molecule has 106 valence electrons. The average Bonchev–Trinajstić information content (AvgIpc) is 2.36. The largest absolute Gasteiger partial charge is 0.439 e. The summed E-state index contributed by atoms with van der Waals surface area (Å²) >= 11 is 5.95. The van der Waals surface area contributed by atoms with E-state index in [2.05, 4.69) is 38.7 Å². The fourth-order valence-corrected chi connectivity index (χ4v) is 2.27. The Balaban J connectivity index is 2.34. The Bertz CT molecular complexity index is 588. The van der Waals surface area contributed by atoms with E-state index < -0.39 is 0 Å². The van der Waals surface area contributed by atoms with Gasteiger partial charge in [-0.1, -0.05) is 19.9 Å². The molecule has 0 N–H and O–H groups in total. The van der Waals surface area contributed by atoms with Crippen LogP contribution in [0, 0.1) is 13.8 Å². The minimum absolute atomic E-state index is 0.347. The first-order valence-electron chi connectivity index (χ1n) is 6.81. The van der Waals surface area contributed by atoms with Crippen LogP contribution < -0.4 is 4.74 Å². The molecule has 0 atom stereocenters. The van der Waals surface area contributed by atoms with Gasteiger partial charge < -0.3 is 4.74 Å². The van der Waals surface area contributed by atoms with Gasteiger partial charge in [0.1, 0.15) is 5.75 Å². The highest BCUT2D eigenvalue weighted by atomic mass is 35.5. The van der Waals surface area contributed by atoms with Crippen LogP contribution in [0.2, 0.25) is 0 Å². The van der Waals surface area contributed by atoms with Crippen LogP contribution >= 0.6 is 11.6 Å². The quantitative estimate of drug-likeness (QED) is 0.708. The molecule has 0 bridgehead atoms. The second kappa shape index (κ2) is 6.27. The summed E-state index contributed by atoms with van der Waals surface area (Å²) in [6.45, 7) is 8.34. The topological polar surface area (TPSA) is 22.1 Å². The fraction of sp³-hybridized carbons (Fsp3) is 0.353. The molecule has 0 aliphatic heterocycles. The first kappa shape index (κ1) is 14.9. The second-order valence-corrected chi connectivity index (χ2v) is 5.72. The van der Waals surface area contributed by atoms with Gasteiger partial charge in [-0.15, -0.1) is 11.6 Å². The zero-order valence-corrected chi connectivity index (χ0v) is 13.2. The van der Waals surface area contributed by atoms with E-state index in [4.69, 9.17) is 16.3 Å². The molecule has 20 heavy (non-hydrogen) atoms. The van der Waals surface area contributed by atoms with Crippen molar-refractivity contribution < 1.29 is 4.74 Å².